The van der Waals surface area contributed by atoms with E-state index in [0.717, 1.165) is 11.4 Å². The Bertz CT molecular complexity index is 759. The monoisotopic (exact) mass is 328 g/mol. The lowest BCUT2D eigenvalue weighted by Crippen LogP contribution is -3.08. The first-order valence-electron chi connectivity index (χ1n) is 7.77. The molecule has 6 nitrogen and oxygen atoms in total. The summed E-state index contributed by atoms with van der Waals surface area (Å²) in [4.78, 5) is 23.6. The van der Waals surface area contributed by atoms with Crippen LogP contribution in [0.25, 0.3) is 0 Å². The van der Waals surface area contributed by atoms with Crippen LogP contribution in [0.2, 0.25) is 0 Å². The molecule has 0 bridgehead atoms. The van der Waals surface area contributed by atoms with Crippen LogP contribution in [0.1, 0.15) is 16.7 Å². The largest absolute Gasteiger partial charge is 0.326 e. The highest BCUT2D eigenvalue weighted by Gasteiger charge is 2.14. The third kappa shape index (κ3) is 4.63. The van der Waals surface area contributed by atoms with Crippen LogP contribution in [0.15, 0.2) is 42.5 Å². The third-order valence-electron chi connectivity index (χ3n) is 3.91. The lowest BCUT2D eigenvalue weighted by molar-refractivity contribution is -0.885. The minimum atomic E-state index is -0.446. The number of likely N-dealkylation sites (N-methyl/N-ethyl adjacent to an activating group) is 1. The van der Waals surface area contributed by atoms with Crippen molar-refractivity contribution in [2.75, 3.05) is 18.9 Å². The zero-order chi connectivity index (χ0) is 17.7. The first kappa shape index (κ1) is 17.6. The molecule has 126 valence electrons. The van der Waals surface area contributed by atoms with Gasteiger partial charge in [0.2, 0.25) is 0 Å². The number of carbonyl (C=O) groups excluding carboxylic acids is 1. The molecule has 2 aromatic rings. The number of carbonyl (C=O) groups is 1. The molecule has 0 radical (unpaired) electrons. The maximum absolute atomic E-state index is 12.2. The number of aryl methyl sites for hydroxylation is 2. The standard InChI is InChI=1S/C18H21N3O3/c1-13-6-4-5-7-15(13)11-20(3)12-18(22)19-17-9-8-16(21(23)24)10-14(17)2/h4-10H,11-12H2,1-3H3,(H,19,22)/p+1. The number of nitro groups is 1. The second-order valence-electron chi connectivity index (χ2n) is 6.04. The highest BCUT2D eigenvalue weighted by Crippen LogP contribution is 2.20. The maximum atomic E-state index is 12.2. The van der Waals surface area contributed by atoms with Gasteiger partial charge < -0.3 is 10.2 Å². The average molecular weight is 328 g/mol. The van der Waals surface area contributed by atoms with Crippen molar-refractivity contribution in [3.05, 3.63) is 69.3 Å². The molecule has 2 aromatic carbocycles. The molecule has 1 amide bonds. The van der Waals surface area contributed by atoms with E-state index in [1.807, 2.05) is 19.2 Å². The molecular formula is C18H22N3O3+. The normalized spacial score (nSPS) is 11.8. The molecule has 0 saturated heterocycles. The fourth-order valence-electron chi connectivity index (χ4n) is 2.57. The van der Waals surface area contributed by atoms with Gasteiger partial charge in [0.15, 0.2) is 6.54 Å². The van der Waals surface area contributed by atoms with E-state index in [-0.39, 0.29) is 11.6 Å². The topological polar surface area (TPSA) is 76.7 Å². The summed E-state index contributed by atoms with van der Waals surface area (Å²) in [5, 5.41) is 13.6. The number of hydrogen-bond donors (Lipinski definition) is 2. The first-order chi connectivity index (χ1) is 11.4. The molecule has 0 aliphatic carbocycles. The van der Waals surface area contributed by atoms with Gasteiger partial charge in [-0.3, -0.25) is 14.9 Å². The van der Waals surface area contributed by atoms with E-state index in [0.29, 0.717) is 17.8 Å². The number of nitrogens with zero attached hydrogens (tertiary/aromatic N) is 1. The van der Waals surface area contributed by atoms with Crippen molar-refractivity contribution < 1.29 is 14.6 Å². The van der Waals surface area contributed by atoms with Crippen LogP contribution in [0.5, 0.6) is 0 Å². The smallest absolute Gasteiger partial charge is 0.279 e. The van der Waals surface area contributed by atoms with Gasteiger partial charge in [-0.15, -0.1) is 0 Å². The van der Waals surface area contributed by atoms with Crippen molar-refractivity contribution in [3.8, 4) is 0 Å². The van der Waals surface area contributed by atoms with Gasteiger partial charge in [-0.05, 0) is 31.0 Å². The lowest BCUT2D eigenvalue weighted by Gasteiger charge is -2.15. The maximum Gasteiger partial charge on any atom is 0.279 e. The van der Waals surface area contributed by atoms with Crippen molar-refractivity contribution in [1.29, 1.82) is 0 Å². The van der Waals surface area contributed by atoms with E-state index in [2.05, 4.69) is 24.4 Å². The molecular weight excluding hydrogens is 306 g/mol. The van der Waals surface area contributed by atoms with Crippen LogP contribution in [0, 0.1) is 24.0 Å². The van der Waals surface area contributed by atoms with Crippen molar-refractivity contribution in [2.24, 2.45) is 0 Å². The van der Waals surface area contributed by atoms with Gasteiger partial charge >= 0.3 is 0 Å². The Morgan fingerprint density at radius 2 is 1.88 bits per heavy atom. The summed E-state index contributed by atoms with van der Waals surface area (Å²) in [6.07, 6.45) is 0. The predicted octanol–water partition coefficient (Wildman–Crippen LogP) is 1.87. The molecule has 6 heteroatoms. The number of nitro benzene ring substituents is 1. The SMILES string of the molecule is Cc1ccccc1C[NH+](C)CC(=O)Nc1ccc([N+](=O)[O-])cc1C. The molecule has 0 heterocycles. The quantitative estimate of drug-likeness (QED) is 0.628. The van der Waals surface area contributed by atoms with Crippen LogP contribution in [-0.4, -0.2) is 24.4 Å². The number of nitrogens with one attached hydrogen (secondary N) is 2. The van der Waals surface area contributed by atoms with Crippen LogP contribution in [0.4, 0.5) is 11.4 Å². The average Bonchev–Trinajstić information content (AvgIpc) is 2.51. The Morgan fingerprint density at radius 1 is 1.17 bits per heavy atom. The van der Waals surface area contributed by atoms with Gasteiger partial charge in [-0.25, -0.2) is 0 Å². The summed E-state index contributed by atoms with van der Waals surface area (Å²) in [6.45, 7) is 4.89. The van der Waals surface area contributed by atoms with Crippen LogP contribution in [-0.2, 0) is 11.3 Å². The molecule has 2 rings (SSSR count). The van der Waals surface area contributed by atoms with Gasteiger partial charge in [-0.2, -0.15) is 0 Å². The summed E-state index contributed by atoms with van der Waals surface area (Å²) >= 11 is 0. The Labute approximate surface area is 141 Å². The van der Waals surface area contributed by atoms with Crippen molar-refractivity contribution >= 4 is 17.3 Å². The molecule has 0 saturated carbocycles. The first-order valence-corrected chi connectivity index (χ1v) is 7.77. The van der Waals surface area contributed by atoms with Crippen LogP contribution < -0.4 is 10.2 Å². The van der Waals surface area contributed by atoms with E-state index in [4.69, 9.17) is 0 Å². The molecule has 2 N–H and O–H groups in total. The van der Waals surface area contributed by atoms with Gasteiger partial charge in [0.25, 0.3) is 11.6 Å². The molecule has 1 unspecified atom stereocenters. The zero-order valence-corrected chi connectivity index (χ0v) is 14.1. The summed E-state index contributed by atoms with van der Waals surface area (Å²) in [7, 11) is 1.97. The fourth-order valence-corrected chi connectivity index (χ4v) is 2.57. The van der Waals surface area contributed by atoms with E-state index >= 15 is 0 Å². The Balaban J connectivity index is 1.95. The lowest BCUT2D eigenvalue weighted by atomic mass is 10.1. The summed E-state index contributed by atoms with van der Waals surface area (Å²) in [6, 6.07) is 12.5. The molecule has 0 aromatic heterocycles. The van der Waals surface area contributed by atoms with Gasteiger partial charge in [0.05, 0.1) is 12.0 Å². The molecule has 1 atom stereocenters. The van der Waals surface area contributed by atoms with Crippen LogP contribution in [0.3, 0.4) is 0 Å². The third-order valence-corrected chi connectivity index (χ3v) is 3.91. The molecule has 24 heavy (non-hydrogen) atoms. The Morgan fingerprint density at radius 3 is 2.50 bits per heavy atom. The zero-order valence-electron chi connectivity index (χ0n) is 14.1. The minimum absolute atomic E-state index is 0.0211. The molecule has 0 fully saturated rings. The molecule has 0 aliphatic heterocycles. The highest BCUT2D eigenvalue weighted by atomic mass is 16.6. The number of rotatable bonds is 6. The van der Waals surface area contributed by atoms with Crippen molar-refractivity contribution in [1.82, 2.24) is 0 Å². The number of benzene rings is 2. The van der Waals surface area contributed by atoms with Gasteiger partial charge in [-0.1, -0.05) is 24.3 Å². The van der Waals surface area contributed by atoms with E-state index in [9.17, 15) is 14.9 Å². The van der Waals surface area contributed by atoms with E-state index in [1.165, 1.54) is 23.3 Å². The van der Waals surface area contributed by atoms with Gasteiger partial charge in [0.1, 0.15) is 6.54 Å². The predicted molar refractivity (Wildman–Crippen MR) is 93.1 cm³/mol. The van der Waals surface area contributed by atoms with E-state index < -0.39 is 4.92 Å². The van der Waals surface area contributed by atoms with Gasteiger partial charge in [0, 0.05) is 23.4 Å². The number of non-ortho nitro benzene ring substituents is 1. The Hall–Kier alpha value is -2.73. The number of anilines is 1. The fraction of sp³-hybridized carbons (Fsp3) is 0.278. The summed E-state index contributed by atoms with van der Waals surface area (Å²) in [5.74, 6) is -0.113. The van der Waals surface area contributed by atoms with Crippen molar-refractivity contribution in [3.63, 3.8) is 0 Å². The van der Waals surface area contributed by atoms with E-state index in [1.54, 1.807) is 13.0 Å². The second kappa shape index (κ2) is 7.70. The highest BCUT2D eigenvalue weighted by molar-refractivity contribution is 5.92. The summed E-state index contributed by atoms with van der Waals surface area (Å²) < 4.78 is 0. The number of amides is 1. The second-order valence-corrected chi connectivity index (χ2v) is 6.04. The Kier molecular flexibility index (Phi) is 5.65. The minimum Gasteiger partial charge on any atom is -0.326 e. The summed E-state index contributed by atoms with van der Waals surface area (Å²) in [5.41, 5.74) is 3.73. The van der Waals surface area contributed by atoms with Crippen LogP contribution >= 0.6 is 0 Å². The number of quaternary nitrogens is 1. The molecule has 0 spiro atoms. The molecule has 0 aliphatic rings. The number of hydrogen-bond acceptors (Lipinski definition) is 3. The van der Waals surface area contributed by atoms with Crippen molar-refractivity contribution in [2.45, 2.75) is 20.4 Å².